The molecule has 0 spiro atoms. The van der Waals surface area contributed by atoms with E-state index in [1.807, 2.05) is 42.5 Å². The minimum atomic E-state index is -1.34. The number of halogens is 1. The number of allylic oxidation sites excluding steroid dienone is 1. The van der Waals surface area contributed by atoms with Crippen LogP contribution in [0.2, 0.25) is 0 Å². The number of carbonyl (C=O) groups is 2. The van der Waals surface area contributed by atoms with Gasteiger partial charge in [0.15, 0.2) is 0 Å². The van der Waals surface area contributed by atoms with E-state index in [9.17, 15) is 19.8 Å². The van der Waals surface area contributed by atoms with Gasteiger partial charge in [-0.3, -0.25) is 9.59 Å². The van der Waals surface area contributed by atoms with Crippen LogP contribution in [0.25, 0.3) is 0 Å². The highest BCUT2D eigenvalue weighted by atomic mass is 127. The van der Waals surface area contributed by atoms with Gasteiger partial charge < -0.3 is 10.2 Å². The van der Waals surface area contributed by atoms with Crippen LogP contribution in [0.3, 0.4) is 0 Å². The van der Waals surface area contributed by atoms with Crippen molar-refractivity contribution in [1.29, 1.82) is 0 Å². The second-order valence-corrected chi connectivity index (χ2v) is 8.48. The van der Waals surface area contributed by atoms with E-state index in [2.05, 4.69) is 22.6 Å². The van der Waals surface area contributed by atoms with Gasteiger partial charge >= 0.3 is 11.9 Å². The molecule has 2 aromatic rings. The van der Waals surface area contributed by atoms with E-state index in [-0.39, 0.29) is 6.42 Å². The van der Waals surface area contributed by atoms with E-state index < -0.39 is 22.8 Å². The van der Waals surface area contributed by atoms with Crippen molar-refractivity contribution in [2.45, 2.75) is 31.6 Å². The minimum Gasteiger partial charge on any atom is -0.481 e. The summed E-state index contributed by atoms with van der Waals surface area (Å²) in [5, 5.41) is 20.3. The molecule has 0 saturated carbocycles. The van der Waals surface area contributed by atoms with E-state index in [0.717, 1.165) is 9.13 Å². The molecule has 0 fully saturated rings. The number of carboxylic acids is 2. The van der Waals surface area contributed by atoms with Gasteiger partial charge in [-0.25, -0.2) is 0 Å². The Hall–Kier alpha value is -2.15. The fourth-order valence-electron chi connectivity index (χ4n) is 4.03. The summed E-state index contributed by atoms with van der Waals surface area (Å²) in [6.45, 7) is 1.79. The highest BCUT2D eigenvalue weighted by molar-refractivity contribution is 14.1. The maximum absolute atomic E-state index is 12.5. The molecule has 0 amide bonds. The summed E-state index contributed by atoms with van der Waals surface area (Å²) in [4.78, 5) is 24.9. The van der Waals surface area contributed by atoms with Gasteiger partial charge in [0.05, 0.1) is 5.41 Å². The Morgan fingerprint density at radius 2 is 1.63 bits per heavy atom. The van der Waals surface area contributed by atoms with Gasteiger partial charge in [-0.1, -0.05) is 54.1 Å². The van der Waals surface area contributed by atoms with Crippen LogP contribution in [0.15, 0.2) is 66.2 Å². The van der Waals surface area contributed by atoms with Crippen LogP contribution in [0, 0.1) is 8.99 Å². The Balaban J connectivity index is 2.13. The predicted octanol–water partition coefficient (Wildman–Crippen LogP) is 4.67. The molecule has 0 heterocycles. The molecule has 140 valence electrons. The summed E-state index contributed by atoms with van der Waals surface area (Å²) in [6.07, 6.45) is 2.45. The molecule has 1 aliphatic rings. The van der Waals surface area contributed by atoms with E-state index in [0.29, 0.717) is 24.0 Å². The largest absolute Gasteiger partial charge is 0.481 e. The first-order chi connectivity index (χ1) is 12.8. The van der Waals surface area contributed by atoms with E-state index in [1.165, 1.54) is 0 Å². The van der Waals surface area contributed by atoms with Gasteiger partial charge in [0, 0.05) is 3.57 Å². The number of benzene rings is 2. The maximum atomic E-state index is 12.5. The lowest BCUT2D eigenvalue weighted by Gasteiger charge is -2.43. The van der Waals surface area contributed by atoms with Gasteiger partial charge in [0.1, 0.15) is 5.41 Å². The maximum Gasteiger partial charge on any atom is 0.318 e. The third kappa shape index (κ3) is 3.52. The standard InChI is InChI=1S/C22H21IO4/c1-15-11-12-21(19(24)25,13-16-5-3-2-4-6-16)14-22(15,20(26)27)17-7-9-18(23)10-8-17/h2-11H,12-14H2,1H3,(H,24,25)(H,26,27). The van der Waals surface area contributed by atoms with Crippen molar-refractivity contribution in [2.75, 3.05) is 0 Å². The molecule has 0 saturated heterocycles. The minimum absolute atomic E-state index is 0.0302. The van der Waals surface area contributed by atoms with E-state index in [1.54, 1.807) is 25.1 Å². The monoisotopic (exact) mass is 476 g/mol. The lowest BCUT2D eigenvalue weighted by Crippen LogP contribution is -2.49. The normalized spacial score (nSPS) is 24.9. The number of hydrogen-bond acceptors (Lipinski definition) is 2. The zero-order chi connectivity index (χ0) is 19.7. The van der Waals surface area contributed by atoms with Crippen molar-refractivity contribution in [3.63, 3.8) is 0 Å². The molecule has 3 rings (SSSR count). The third-order valence-electron chi connectivity index (χ3n) is 5.62. The molecule has 2 atom stereocenters. The number of aliphatic carboxylic acids is 2. The molecule has 0 aliphatic heterocycles. The van der Waals surface area contributed by atoms with Crippen molar-refractivity contribution in [2.24, 2.45) is 5.41 Å². The molecule has 27 heavy (non-hydrogen) atoms. The molecule has 2 unspecified atom stereocenters. The van der Waals surface area contributed by atoms with Crippen LogP contribution < -0.4 is 0 Å². The third-order valence-corrected chi connectivity index (χ3v) is 6.34. The fraction of sp³-hybridized carbons (Fsp3) is 0.273. The Kier molecular flexibility index (Phi) is 5.42. The molecular weight excluding hydrogens is 455 g/mol. The summed E-state index contributed by atoms with van der Waals surface area (Å²) < 4.78 is 1.00. The number of rotatable bonds is 5. The van der Waals surface area contributed by atoms with Crippen LogP contribution in [0.1, 0.15) is 30.9 Å². The first-order valence-electron chi connectivity index (χ1n) is 8.74. The van der Waals surface area contributed by atoms with Crippen LogP contribution in [0.4, 0.5) is 0 Å². The lowest BCUT2D eigenvalue weighted by atomic mass is 9.58. The second kappa shape index (κ2) is 7.46. The molecule has 2 aromatic carbocycles. The summed E-state index contributed by atoms with van der Waals surface area (Å²) in [7, 11) is 0. The van der Waals surface area contributed by atoms with E-state index in [4.69, 9.17) is 0 Å². The zero-order valence-electron chi connectivity index (χ0n) is 15.0. The van der Waals surface area contributed by atoms with Crippen LogP contribution in [-0.2, 0) is 21.4 Å². The molecule has 5 heteroatoms. The molecule has 0 aromatic heterocycles. The average molecular weight is 476 g/mol. The topological polar surface area (TPSA) is 74.6 Å². The second-order valence-electron chi connectivity index (χ2n) is 7.23. The Morgan fingerprint density at radius 1 is 1.00 bits per heavy atom. The first kappa shape index (κ1) is 19.6. The van der Waals surface area contributed by atoms with Gasteiger partial charge in [0.25, 0.3) is 0 Å². The Morgan fingerprint density at radius 3 is 2.19 bits per heavy atom. The molecule has 1 aliphatic carbocycles. The molecule has 4 nitrogen and oxygen atoms in total. The summed E-state index contributed by atoms with van der Waals surface area (Å²) in [6, 6.07) is 16.7. The zero-order valence-corrected chi connectivity index (χ0v) is 17.1. The van der Waals surface area contributed by atoms with Crippen molar-refractivity contribution in [3.8, 4) is 0 Å². The quantitative estimate of drug-likeness (QED) is 0.486. The van der Waals surface area contributed by atoms with Crippen LogP contribution in [0.5, 0.6) is 0 Å². The molecule has 2 N–H and O–H groups in total. The van der Waals surface area contributed by atoms with Gasteiger partial charge in [-0.2, -0.15) is 0 Å². The van der Waals surface area contributed by atoms with Crippen molar-refractivity contribution in [1.82, 2.24) is 0 Å². The van der Waals surface area contributed by atoms with Crippen molar-refractivity contribution in [3.05, 3.63) is 80.9 Å². The number of hydrogen-bond donors (Lipinski definition) is 2. The van der Waals surface area contributed by atoms with Gasteiger partial charge in [-0.05, 0) is 72.0 Å². The van der Waals surface area contributed by atoms with Crippen LogP contribution >= 0.6 is 22.6 Å². The molecule has 0 bridgehead atoms. The van der Waals surface area contributed by atoms with Crippen molar-refractivity contribution < 1.29 is 19.8 Å². The predicted molar refractivity (Wildman–Crippen MR) is 112 cm³/mol. The summed E-state index contributed by atoms with van der Waals surface area (Å²) in [5.41, 5.74) is -0.281. The van der Waals surface area contributed by atoms with Crippen molar-refractivity contribution >= 4 is 34.5 Å². The SMILES string of the molecule is CC1=CCC(Cc2ccccc2)(C(=O)O)CC1(C(=O)O)c1ccc(I)cc1. The number of carboxylic acid groups (broad SMARTS) is 2. The Labute approximate surface area is 172 Å². The highest BCUT2D eigenvalue weighted by Gasteiger charge is 2.54. The molecular formula is C22H21IO4. The van der Waals surface area contributed by atoms with Crippen LogP contribution in [-0.4, -0.2) is 22.2 Å². The Bertz CT molecular complexity index is 888. The summed E-state index contributed by atoms with van der Waals surface area (Å²) >= 11 is 2.17. The molecule has 0 radical (unpaired) electrons. The first-order valence-corrected chi connectivity index (χ1v) is 9.82. The van der Waals surface area contributed by atoms with Gasteiger partial charge in [-0.15, -0.1) is 0 Å². The van der Waals surface area contributed by atoms with Gasteiger partial charge in [0.2, 0.25) is 0 Å². The van der Waals surface area contributed by atoms with E-state index >= 15 is 0 Å². The highest BCUT2D eigenvalue weighted by Crippen LogP contribution is 2.50. The lowest BCUT2D eigenvalue weighted by molar-refractivity contribution is -0.153. The smallest absolute Gasteiger partial charge is 0.318 e. The summed E-state index contributed by atoms with van der Waals surface area (Å²) in [5.74, 6) is -1.96. The average Bonchev–Trinajstić information content (AvgIpc) is 2.64. The fourth-order valence-corrected chi connectivity index (χ4v) is 4.39.